The van der Waals surface area contributed by atoms with E-state index in [1.165, 1.54) is 18.2 Å². The van der Waals surface area contributed by atoms with Crippen molar-refractivity contribution in [2.75, 3.05) is 19.8 Å². The van der Waals surface area contributed by atoms with Crippen molar-refractivity contribution in [3.05, 3.63) is 39.9 Å². The van der Waals surface area contributed by atoms with E-state index in [0.717, 1.165) is 6.07 Å². The Morgan fingerprint density at radius 1 is 1.35 bits per heavy atom. The van der Waals surface area contributed by atoms with Crippen LogP contribution in [0.25, 0.3) is 0 Å². The Hall–Kier alpha value is -2.16. The fraction of sp³-hybridized carbons (Fsp3) is 0.364. The highest BCUT2D eigenvalue weighted by molar-refractivity contribution is 5.98. The van der Waals surface area contributed by atoms with Gasteiger partial charge in [-0.05, 0) is 6.07 Å². The lowest BCUT2D eigenvalue weighted by molar-refractivity contribution is -0.385. The Morgan fingerprint density at radius 2 is 2.00 bits per heavy atom. The van der Waals surface area contributed by atoms with Crippen molar-refractivity contribution < 1.29 is 27.6 Å². The molecular weight excluding hydrogens is 281 g/mol. The maximum atomic E-state index is 11.8. The Labute approximate surface area is 111 Å². The van der Waals surface area contributed by atoms with E-state index in [9.17, 15) is 28.1 Å². The number of halogens is 3. The maximum absolute atomic E-state index is 11.8. The molecule has 1 N–H and O–H groups in total. The first-order valence-corrected chi connectivity index (χ1v) is 5.47. The molecule has 0 radical (unpaired) electrons. The zero-order valence-corrected chi connectivity index (χ0v) is 10.1. The van der Waals surface area contributed by atoms with Gasteiger partial charge >= 0.3 is 6.18 Å². The lowest BCUT2D eigenvalue weighted by Crippen LogP contribution is -2.29. The number of rotatable bonds is 6. The highest BCUT2D eigenvalue weighted by Gasteiger charge is 2.27. The third-order valence-electron chi connectivity index (χ3n) is 2.14. The van der Waals surface area contributed by atoms with Crippen LogP contribution >= 0.6 is 0 Å². The summed E-state index contributed by atoms with van der Waals surface area (Å²) in [6, 6.07) is 5.27. The van der Waals surface area contributed by atoms with E-state index in [1.807, 2.05) is 0 Å². The van der Waals surface area contributed by atoms with Gasteiger partial charge in [0.15, 0.2) is 0 Å². The summed E-state index contributed by atoms with van der Waals surface area (Å²) >= 11 is 0. The predicted octanol–water partition coefficient (Wildman–Crippen LogP) is 1.90. The molecule has 0 bridgehead atoms. The number of hydrogen-bond donors (Lipinski definition) is 1. The average Bonchev–Trinajstić information content (AvgIpc) is 2.36. The zero-order chi connectivity index (χ0) is 15.2. The fourth-order valence-corrected chi connectivity index (χ4v) is 1.34. The van der Waals surface area contributed by atoms with E-state index < -0.39 is 23.6 Å². The number of nitro groups is 1. The number of nitrogens with one attached hydrogen (secondary N) is 1. The Balaban J connectivity index is 2.46. The molecule has 9 heteroatoms. The summed E-state index contributed by atoms with van der Waals surface area (Å²) in [6.07, 6.45) is -4.43. The minimum absolute atomic E-state index is 0.159. The summed E-state index contributed by atoms with van der Waals surface area (Å²) in [7, 11) is 0. The molecular formula is C11H11F3N2O4. The molecule has 1 amide bonds. The van der Waals surface area contributed by atoms with Crippen molar-refractivity contribution in [1.82, 2.24) is 5.32 Å². The largest absolute Gasteiger partial charge is 0.411 e. The van der Waals surface area contributed by atoms with E-state index in [1.54, 1.807) is 0 Å². The van der Waals surface area contributed by atoms with Gasteiger partial charge in [-0.1, -0.05) is 12.1 Å². The number of hydrogen-bond acceptors (Lipinski definition) is 4. The molecule has 20 heavy (non-hydrogen) atoms. The lowest BCUT2D eigenvalue weighted by Gasteiger charge is -2.08. The van der Waals surface area contributed by atoms with Crippen molar-refractivity contribution >= 4 is 11.6 Å². The third kappa shape index (κ3) is 5.22. The van der Waals surface area contributed by atoms with Gasteiger partial charge in [0.2, 0.25) is 0 Å². The summed E-state index contributed by atoms with van der Waals surface area (Å²) in [5.74, 6) is -0.743. The molecule has 1 aromatic rings. The molecule has 0 unspecified atom stereocenters. The van der Waals surface area contributed by atoms with Crippen LogP contribution in [0, 0.1) is 10.1 Å². The molecule has 0 heterocycles. The topological polar surface area (TPSA) is 81.5 Å². The molecule has 1 rings (SSSR count). The lowest BCUT2D eigenvalue weighted by atomic mass is 10.1. The second-order valence-corrected chi connectivity index (χ2v) is 3.70. The number of amides is 1. The van der Waals surface area contributed by atoms with E-state index >= 15 is 0 Å². The molecule has 0 aliphatic rings. The average molecular weight is 292 g/mol. The molecule has 1 aromatic carbocycles. The van der Waals surface area contributed by atoms with Gasteiger partial charge in [-0.15, -0.1) is 0 Å². The van der Waals surface area contributed by atoms with Gasteiger partial charge in [0.25, 0.3) is 11.6 Å². The van der Waals surface area contributed by atoms with E-state index in [0.29, 0.717) is 0 Å². The van der Waals surface area contributed by atoms with E-state index in [-0.39, 0.29) is 24.4 Å². The van der Waals surface area contributed by atoms with Crippen LogP contribution in [0.5, 0.6) is 0 Å². The molecule has 0 spiro atoms. The Bertz CT molecular complexity index is 491. The Kier molecular flexibility index (Phi) is 5.44. The molecule has 0 saturated heterocycles. The minimum atomic E-state index is -4.43. The highest BCUT2D eigenvalue weighted by atomic mass is 19.4. The van der Waals surface area contributed by atoms with Crippen LogP contribution in [0.4, 0.5) is 18.9 Å². The molecule has 0 fully saturated rings. The third-order valence-corrected chi connectivity index (χ3v) is 2.14. The van der Waals surface area contributed by atoms with Crippen LogP contribution in [-0.4, -0.2) is 36.8 Å². The number of carbonyl (C=O) groups excluding carboxylic acids is 1. The van der Waals surface area contributed by atoms with Crippen LogP contribution in [0.2, 0.25) is 0 Å². The van der Waals surface area contributed by atoms with E-state index in [4.69, 9.17) is 0 Å². The van der Waals surface area contributed by atoms with E-state index in [2.05, 4.69) is 10.1 Å². The van der Waals surface area contributed by atoms with Crippen LogP contribution in [0.1, 0.15) is 10.4 Å². The molecule has 6 nitrogen and oxygen atoms in total. The summed E-state index contributed by atoms with van der Waals surface area (Å²) in [5.41, 5.74) is -0.533. The van der Waals surface area contributed by atoms with Crippen molar-refractivity contribution in [2.45, 2.75) is 6.18 Å². The van der Waals surface area contributed by atoms with Gasteiger partial charge in [-0.3, -0.25) is 14.9 Å². The van der Waals surface area contributed by atoms with Gasteiger partial charge in [0.1, 0.15) is 12.2 Å². The van der Waals surface area contributed by atoms with Crippen molar-refractivity contribution in [3.63, 3.8) is 0 Å². The van der Waals surface area contributed by atoms with Crippen LogP contribution < -0.4 is 5.32 Å². The van der Waals surface area contributed by atoms with Crippen molar-refractivity contribution in [1.29, 1.82) is 0 Å². The number of nitrogens with zero attached hydrogens (tertiary/aromatic N) is 1. The Morgan fingerprint density at radius 3 is 2.60 bits per heavy atom. The van der Waals surface area contributed by atoms with Gasteiger partial charge in [0.05, 0.1) is 11.5 Å². The first-order chi connectivity index (χ1) is 9.31. The van der Waals surface area contributed by atoms with Gasteiger partial charge in [-0.25, -0.2) is 0 Å². The zero-order valence-electron chi connectivity index (χ0n) is 10.1. The molecule has 0 atom stereocenters. The number of nitro benzene ring substituents is 1. The normalized spacial score (nSPS) is 11.2. The second-order valence-electron chi connectivity index (χ2n) is 3.70. The standard InChI is InChI=1S/C11H11F3N2O4/c12-11(13,14)7-20-6-5-15-10(17)8-3-1-2-4-9(8)16(18)19/h1-4H,5-7H2,(H,15,17). The predicted molar refractivity (Wildman–Crippen MR) is 62.3 cm³/mol. The maximum Gasteiger partial charge on any atom is 0.411 e. The molecule has 0 aliphatic heterocycles. The number of ether oxygens (including phenoxy) is 1. The number of carbonyl (C=O) groups is 1. The molecule has 0 aromatic heterocycles. The SMILES string of the molecule is O=C(NCCOCC(F)(F)F)c1ccccc1[N+](=O)[O-]. The number of alkyl halides is 3. The second kappa shape index (κ2) is 6.85. The monoisotopic (exact) mass is 292 g/mol. The van der Waals surface area contributed by atoms with Crippen molar-refractivity contribution in [2.24, 2.45) is 0 Å². The highest BCUT2D eigenvalue weighted by Crippen LogP contribution is 2.17. The minimum Gasteiger partial charge on any atom is -0.370 e. The summed E-state index contributed by atoms with van der Waals surface area (Å²) in [4.78, 5) is 21.6. The van der Waals surface area contributed by atoms with Gasteiger partial charge < -0.3 is 10.1 Å². The quantitative estimate of drug-likeness (QED) is 0.493. The van der Waals surface area contributed by atoms with Gasteiger partial charge in [-0.2, -0.15) is 13.2 Å². The smallest absolute Gasteiger partial charge is 0.370 e. The van der Waals surface area contributed by atoms with Crippen LogP contribution in [0.3, 0.4) is 0 Å². The first kappa shape index (κ1) is 15.9. The fourth-order valence-electron chi connectivity index (χ4n) is 1.34. The van der Waals surface area contributed by atoms with Crippen LogP contribution in [0.15, 0.2) is 24.3 Å². The number of para-hydroxylation sites is 1. The molecule has 110 valence electrons. The molecule has 0 aliphatic carbocycles. The number of benzene rings is 1. The summed E-state index contributed by atoms with van der Waals surface area (Å²) in [5, 5.41) is 12.9. The molecule has 0 saturated carbocycles. The summed E-state index contributed by atoms with van der Waals surface area (Å²) in [6.45, 7) is -1.93. The van der Waals surface area contributed by atoms with Crippen molar-refractivity contribution in [3.8, 4) is 0 Å². The first-order valence-electron chi connectivity index (χ1n) is 5.47. The summed E-state index contributed by atoms with van der Waals surface area (Å²) < 4.78 is 39.6. The van der Waals surface area contributed by atoms with Gasteiger partial charge in [0, 0.05) is 12.6 Å². The van der Waals surface area contributed by atoms with Crippen LogP contribution in [-0.2, 0) is 4.74 Å².